The highest BCUT2D eigenvalue weighted by atomic mass is 79.9. The molecular formula is C25H21Br2NO4S. The summed E-state index contributed by atoms with van der Waals surface area (Å²) in [4.78, 5) is 12.4. The van der Waals surface area contributed by atoms with E-state index in [2.05, 4.69) is 31.9 Å². The maximum Gasteiger partial charge on any atom is 0.333 e. The highest BCUT2D eigenvalue weighted by Crippen LogP contribution is 2.46. The average Bonchev–Trinajstić information content (AvgIpc) is 2.78. The molecule has 0 saturated carbocycles. The van der Waals surface area contributed by atoms with Crippen molar-refractivity contribution in [2.45, 2.75) is 30.3 Å². The zero-order valence-corrected chi connectivity index (χ0v) is 21.6. The van der Waals surface area contributed by atoms with Gasteiger partial charge in [0.25, 0.3) is 0 Å². The number of rotatable bonds is 5. The molecule has 5 nitrogen and oxygen atoms in total. The molecule has 8 heteroatoms. The molecule has 3 aromatic rings. The van der Waals surface area contributed by atoms with Crippen LogP contribution in [0.15, 0.2) is 98.3 Å². The van der Waals surface area contributed by atoms with E-state index in [4.69, 9.17) is 0 Å². The molecule has 4 rings (SSSR count). The molecular weight excluding hydrogens is 570 g/mol. The molecule has 2 atom stereocenters. The second kappa shape index (κ2) is 9.54. The largest absolute Gasteiger partial charge is 0.478 e. The molecule has 1 aliphatic heterocycles. The number of benzene rings is 3. The van der Waals surface area contributed by atoms with E-state index < -0.39 is 28.1 Å². The first-order chi connectivity index (χ1) is 15.7. The number of aliphatic carboxylic acids is 1. The Balaban J connectivity index is 1.98. The molecule has 0 spiro atoms. The number of nitrogens with zero attached hydrogens (tertiary/aromatic N) is 1. The molecule has 1 aliphatic rings. The van der Waals surface area contributed by atoms with E-state index >= 15 is 0 Å². The standard InChI is InChI=1S/C25H21Br2NO4S/c1-16-4-2-5-17(14-16)23-13-12-22(25(29)30)24(18-6-3-7-20(27)15-18)28(23)33(31,32)21-10-8-19(26)9-11-21/h2-12,14-15,23-24H,13H2,1H3,(H,29,30)/t23-,24-/m0/s1. The Morgan fingerprint density at radius 1 is 0.939 bits per heavy atom. The van der Waals surface area contributed by atoms with Crippen molar-refractivity contribution in [1.29, 1.82) is 0 Å². The number of aryl methyl sites for hydroxylation is 1. The molecule has 3 aromatic carbocycles. The summed E-state index contributed by atoms with van der Waals surface area (Å²) in [5.41, 5.74) is 2.44. The smallest absolute Gasteiger partial charge is 0.333 e. The Morgan fingerprint density at radius 2 is 1.61 bits per heavy atom. The third-order valence-corrected chi connectivity index (χ3v) is 8.55. The van der Waals surface area contributed by atoms with Gasteiger partial charge in [-0.15, -0.1) is 0 Å². The molecule has 0 saturated heterocycles. The van der Waals surface area contributed by atoms with E-state index in [0.717, 1.165) is 20.1 Å². The number of carboxylic acids is 1. The number of carbonyl (C=O) groups is 1. The van der Waals surface area contributed by atoms with Crippen molar-refractivity contribution < 1.29 is 18.3 Å². The first-order valence-electron chi connectivity index (χ1n) is 10.2. The van der Waals surface area contributed by atoms with Crippen LogP contribution in [0.25, 0.3) is 0 Å². The van der Waals surface area contributed by atoms with Gasteiger partial charge in [0.1, 0.15) is 0 Å². The van der Waals surface area contributed by atoms with Crippen LogP contribution in [0.2, 0.25) is 0 Å². The van der Waals surface area contributed by atoms with Gasteiger partial charge in [-0.2, -0.15) is 4.31 Å². The van der Waals surface area contributed by atoms with Crippen molar-refractivity contribution in [3.05, 3.63) is 110 Å². The van der Waals surface area contributed by atoms with Gasteiger partial charge in [0.05, 0.1) is 22.6 Å². The molecule has 33 heavy (non-hydrogen) atoms. The van der Waals surface area contributed by atoms with Gasteiger partial charge in [-0.25, -0.2) is 13.2 Å². The third-order valence-electron chi connectivity index (χ3n) is 5.64. The van der Waals surface area contributed by atoms with Crippen molar-refractivity contribution in [2.75, 3.05) is 0 Å². The van der Waals surface area contributed by atoms with E-state index in [1.165, 1.54) is 16.4 Å². The van der Waals surface area contributed by atoms with Gasteiger partial charge in [0.15, 0.2) is 0 Å². The van der Waals surface area contributed by atoms with Gasteiger partial charge in [0, 0.05) is 8.95 Å². The van der Waals surface area contributed by atoms with Crippen molar-refractivity contribution in [3.63, 3.8) is 0 Å². The van der Waals surface area contributed by atoms with Crippen molar-refractivity contribution in [3.8, 4) is 0 Å². The lowest BCUT2D eigenvalue weighted by atomic mass is 9.89. The summed E-state index contributed by atoms with van der Waals surface area (Å²) in [5, 5.41) is 10.0. The molecule has 0 amide bonds. The lowest BCUT2D eigenvalue weighted by Gasteiger charge is -2.40. The van der Waals surface area contributed by atoms with Crippen LogP contribution in [0, 0.1) is 6.92 Å². The highest BCUT2D eigenvalue weighted by Gasteiger charge is 2.44. The molecule has 1 N–H and O–H groups in total. The normalized spacial score (nSPS) is 19.2. The summed E-state index contributed by atoms with van der Waals surface area (Å²) >= 11 is 6.79. The minimum Gasteiger partial charge on any atom is -0.478 e. The van der Waals surface area contributed by atoms with Gasteiger partial charge >= 0.3 is 5.97 Å². The Kier molecular flexibility index (Phi) is 6.91. The van der Waals surface area contributed by atoms with Crippen LogP contribution in [0.5, 0.6) is 0 Å². The van der Waals surface area contributed by atoms with E-state index in [1.807, 2.05) is 37.3 Å². The summed E-state index contributed by atoms with van der Waals surface area (Å²) in [7, 11) is -4.07. The predicted octanol–water partition coefficient (Wildman–Crippen LogP) is 6.41. The van der Waals surface area contributed by atoms with Gasteiger partial charge in [-0.1, -0.05) is 79.9 Å². The van der Waals surface area contributed by atoms with Crippen molar-refractivity contribution in [1.82, 2.24) is 4.31 Å². The zero-order valence-electron chi connectivity index (χ0n) is 17.7. The minimum absolute atomic E-state index is 0.0395. The number of hydrogen-bond acceptors (Lipinski definition) is 3. The van der Waals surface area contributed by atoms with Crippen LogP contribution in [0.3, 0.4) is 0 Å². The summed E-state index contributed by atoms with van der Waals surface area (Å²) in [6.07, 6.45) is 1.90. The molecule has 170 valence electrons. The Morgan fingerprint density at radius 3 is 2.24 bits per heavy atom. The van der Waals surface area contributed by atoms with E-state index in [1.54, 1.807) is 36.4 Å². The van der Waals surface area contributed by atoms with Crippen LogP contribution in [-0.2, 0) is 14.8 Å². The molecule has 0 bridgehead atoms. The summed E-state index contributed by atoms with van der Waals surface area (Å²) < 4.78 is 31.0. The monoisotopic (exact) mass is 589 g/mol. The molecule has 1 heterocycles. The number of sulfonamides is 1. The van der Waals surface area contributed by atoms with Crippen LogP contribution < -0.4 is 0 Å². The lowest BCUT2D eigenvalue weighted by molar-refractivity contribution is -0.133. The summed E-state index contributed by atoms with van der Waals surface area (Å²) in [5.74, 6) is -1.14. The van der Waals surface area contributed by atoms with Crippen LogP contribution in [0.1, 0.15) is 35.2 Å². The number of carboxylic acid groups (broad SMARTS) is 1. The first kappa shape index (κ1) is 23.9. The van der Waals surface area contributed by atoms with Crippen LogP contribution >= 0.6 is 31.9 Å². The summed E-state index contributed by atoms with van der Waals surface area (Å²) in [6.45, 7) is 1.95. The van der Waals surface area contributed by atoms with E-state index in [0.29, 0.717) is 5.56 Å². The van der Waals surface area contributed by atoms with Gasteiger partial charge in [0.2, 0.25) is 10.0 Å². The van der Waals surface area contributed by atoms with Gasteiger partial charge in [-0.3, -0.25) is 0 Å². The van der Waals surface area contributed by atoms with E-state index in [9.17, 15) is 18.3 Å². The first-order valence-corrected chi connectivity index (χ1v) is 13.3. The topological polar surface area (TPSA) is 74.7 Å². The number of halogens is 2. The molecule has 0 fully saturated rings. The van der Waals surface area contributed by atoms with Gasteiger partial charge in [-0.05, 0) is 60.9 Å². The maximum absolute atomic E-state index is 14.1. The Bertz CT molecular complexity index is 1340. The average molecular weight is 591 g/mol. The van der Waals surface area contributed by atoms with E-state index in [-0.39, 0.29) is 16.9 Å². The second-order valence-electron chi connectivity index (χ2n) is 7.88. The van der Waals surface area contributed by atoms with Crippen LogP contribution in [-0.4, -0.2) is 23.8 Å². The molecule has 0 aromatic heterocycles. The molecule has 0 radical (unpaired) electrons. The fourth-order valence-corrected chi connectivity index (χ4v) is 6.63. The van der Waals surface area contributed by atoms with Crippen molar-refractivity contribution >= 4 is 47.9 Å². The molecule has 0 unspecified atom stereocenters. The lowest BCUT2D eigenvalue weighted by Crippen LogP contribution is -2.42. The van der Waals surface area contributed by atoms with Crippen LogP contribution in [0.4, 0.5) is 0 Å². The highest BCUT2D eigenvalue weighted by molar-refractivity contribution is 9.10. The SMILES string of the molecule is Cc1cccc([C@@H]2CC=C(C(=O)O)[C@H](c3cccc(Br)c3)N2S(=O)(=O)c2ccc(Br)cc2)c1. The van der Waals surface area contributed by atoms with Crippen molar-refractivity contribution in [2.24, 2.45) is 0 Å². The number of hydrogen-bond donors (Lipinski definition) is 1. The Labute approximate surface area is 210 Å². The van der Waals surface area contributed by atoms with Gasteiger partial charge < -0.3 is 5.11 Å². The molecule has 0 aliphatic carbocycles. The summed E-state index contributed by atoms with van der Waals surface area (Å²) in [6, 6.07) is 19.6. The Hall–Kier alpha value is -2.26. The fraction of sp³-hybridized carbons (Fsp3) is 0.160. The maximum atomic E-state index is 14.1. The predicted molar refractivity (Wildman–Crippen MR) is 134 cm³/mol. The minimum atomic E-state index is -4.07. The third kappa shape index (κ3) is 4.84. The zero-order chi connectivity index (χ0) is 23.8. The second-order valence-corrected chi connectivity index (χ2v) is 11.6. The quantitative estimate of drug-likeness (QED) is 0.373. The fourth-order valence-electron chi connectivity index (χ4n) is 4.17.